The molecule has 176 valence electrons. The van der Waals surface area contributed by atoms with E-state index >= 15 is 0 Å². The number of nitrogens with one attached hydrogen (secondary N) is 1. The third-order valence-corrected chi connectivity index (χ3v) is 5.17. The fraction of sp³-hybridized carbons (Fsp3) is 0.143. The summed E-state index contributed by atoms with van der Waals surface area (Å²) in [4.78, 5) is 29.4. The molecule has 0 spiro atoms. The van der Waals surface area contributed by atoms with Gasteiger partial charge in [0.2, 0.25) is 0 Å². The third kappa shape index (κ3) is 5.70. The van der Waals surface area contributed by atoms with Gasteiger partial charge < -0.3 is 9.47 Å². The number of para-hydroxylation sites is 1. The number of ether oxygens (including phenoxy) is 2. The van der Waals surface area contributed by atoms with Crippen molar-refractivity contribution in [1.29, 1.82) is 0 Å². The van der Waals surface area contributed by atoms with Crippen LogP contribution >= 0.6 is 0 Å². The van der Waals surface area contributed by atoms with Gasteiger partial charge in [-0.3, -0.25) is 4.79 Å². The zero-order valence-corrected chi connectivity index (χ0v) is 19.7. The van der Waals surface area contributed by atoms with Crippen LogP contribution in [0, 0.1) is 0 Å². The van der Waals surface area contributed by atoms with Gasteiger partial charge in [0, 0.05) is 10.9 Å². The van der Waals surface area contributed by atoms with Crippen molar-refractivity contribution >= 4 is 29.0 Å². The van der Waals surface area contributed by atoms with Crippen LogP contribution in [0.15, 0.2) is 84.0 Å². The zero-order chi connectivity index (χ0) is 24.8. The Morgan fingerprint density at radius 2 is 1.74 bits per heavy atom. The lowest BCUT2D eigenvalue weighted by Gasteiger charge is -2.12. The Bertz CT molecular complexity index is 1400. The molecule has 0 unspecified atom stereocenters. The first kappa shape index (κ1) is 23.6. The number of amides is 1. The van der Waals surface area contributed by atoms with Crippen LogP contribution in [0.25, 0.3) is 22.2 Å². The summed E-state index contributed by atoms with van der Waals surface area (Å²) >= 11 is 0. The summed E-state index contributed by atoms with van der Waals surface area (Å²) in [5, 5.41) is 4.81. The first-order chi connectivity index (χ1) is 16.9. The van der Waals surface area contributed by atoms with E-state index in [1.807, 2.05) is 62.4 Å². The van der Waals surface area contributed by atoms with Crippen LogP contribution in [0.4, 0.5) is 0 Å². The Hall–Kier alpha value is -4.52. The average Bonchev–Trinajstić information content (AvgIpc) is 2.87. The van der Waals surface area contributed by atoms with Crippen LogP contribution in [0.1, 0.15) is 40.1 Å². The Morgan fingerprint density at radius 1 is 0.971 bits per heavy atom. The number of methoxy groups -OCH3 is 1. The molecule has 0 radical (unpaired) electrons. The predicted octanol–water partition coefficient (Wildman–Crippen LogP) is 5.24. The lowest BCUT2D eigenvalue weighted by Crippen LogP contribution is -2.18. The number of nitrogens with zero attached hydrogens (tertiary/aromatic N) is 2. The van der Waals surface area contributed by atoms with Crippen LogP contribution in [-0.4, -0.2) is 36.3 Å². The maximum Gasteiger partial charge on any atom is 0.337 e. The number of rotatable bonds is 7. The van der Waals surface area contributed by atoms with E-state index in [0.717, 1.165) is 22.3 Å². The van der Waals surface area contributed by atoms with Gasteiger partial charge in [-0.25, -0.2) is 15.2 Å². The molecular weight excluding hydrogens is 442 g/mol. The van der Waals surface area contributed by atoms with E-state index < -0.39 is 5.97 Å². The van der Waals surface area contributed by atoms with Crippen LogP contribution in [0.5, 0.6) is 5.75 Å². The number of esters is 1. The summed E-state index contributed by atoms with van der Waals surface area (Å²) in [6, 6.07) is 23.6. The van der Waals surface area contributed by atoms with E-state index in [1.54, 1.807) is 30.3 Å². The summed E-state index contributed by atoms with van der Waals surface area (Å²) in [6.45, 7) is 3.94. The highest BCUT2D eigenvalue weighted by atomic mass is 16.5. The van der Waals surface area contributed by atoms with E-state index in [1.165, 1.54) is 13.3 Å². The molecule has 0 atom stereocenters. The molecule has 1 amide bonds. The lowest BCUT2D eigenvalue weighted by atomic mass is 10.0. The Labute approximate surface area is 203 Å². The van der Waals surface area contributed by atoms with E-state index in [2.05, 4.69) is 10.5 Å². The molecule has 0 saturated heterocycles. The molecule has 1 aromatic heterocycles. The minimum absolute atomic E-state index is 0.0469. The van der Waals surface area contributed by atoms with Crippen molar-refractivity contribution in [3.05, 3.63) is 95.6 Å². The molecule has 7 heteroatoms. The number of fused-ring (bicyclic) bond motifs is 1. The number of benzene rings is 3. The topological polar surface area (TPSA) is 89.9 Å². The van der Waals surface area contributed by atoms with Crippen molar-refractivity contribution in [2.75, 3.05) is 7.11 Å². The monoisotopic (exact) mass is 467 g/mol. The van der Waals surface area contributed by atoms with Crippen molar-refractivity contribution in [3.63, 3.8) is 0 Å². The van der Waals surface area contributed by atoms with Gasteiger partial charge in [0.05, 0.1) is 41.8 Å². The normalized spacial score (nSPS) is 11.1. The van der Waals surface area contributed by atoms with Gasteiger partial charge in [-0.1, -0.05) is 42.5 Å². The summed E-state index contributed by atoms with van der Waals surface area (Å²) in [5.74, 6) is -0.0355. The smallest absolute Gasteiger partial charge is 0.337 e. The van der Waals surface area contributed by atoms with Gasteiger partial charge in [0.1, 0.15) is 5.75 Å². The molecular formula is C28H25N3O4. The predicted molar refractivity (Wildman–Crippen MR) is 136 cm³/mol. The molecule has 3 aromatic carbocycles. The molecule has 4 rings (SSSR count). The molecule has 0 aliphatic rings. The van der Waals surface area contributed by atoms with Crippen LogP contribution in [-0.2, 0) is 4.74 Å². The number of hydrogen-bond donors (Lipinski definition) is 1. The van der Waals surface area contributed by atoms with Gasteiger partial charge in [-0.15, -0.1) is 0 Å². The Balaban J connectivity index is 1.60. The second-order valence-corrected chi connectivity index (χ2v) is 8.08. The molecule has 0 aliphatic heterocycles. The molecule has 0 bridgehead atoms. The number of hydrogen-bond acceptors (Lipinski definition) is 6. The minimum atomic E-state index is -0.413. The first-order valence-electron chi connectivity index (χ1n) is 11.1. The van der Waals surface area contributed by atoms with E-state index in [4.69, 9.17) is 14.5 Å². The van der Waals surface area contributed by atoms with Crippen molar-refractivity contribution in [3.8, 4) is 17.0 Å². The van der Waals surface area contributed by atoms with Crippen LogP contribution in [0.2, 0.25) is 0 Å². The van der Waals surface area contributed by atoms with Crippen molar-refractivity contribution in [2.24, 2.45) is 5.10 Å². The Kier molecular flexibility index (Phi) is 7.16. The van der Waals surface area contributed by atoms with E-state index in [9.17, 15) is 9.59 Å². The van der Waals surface area contributed by atoms with Crippen LogP contribution in [0.3, 0.4) is 0 Å². The highest BCUT2D eigenvalue weighted by molar-refractivity contribution is 6.07. The largest absolute Gasteiger partial charge is 0.491 e. The average molecular weight is 468 g/mol. The molecule has 0 fully saturated rings. The summed E-state index contributed by atoms with van der Waals surface area (Å²) in [7, 11) is 1.33. The number of carbonyl (C=O) groups excluding carboxylic acids is 2. The quantitative estimate of drug-likeness (QED) is 0.228. The van der Waals surface area contributed by atoms with Crippen LogP contribution < -0.4 is 10.2 Å². The summed E-state index contributed by atoms with van der Waals surface area (Å²) < 4.78 is 10.5. The fourth-order valence-corrected chi connectivity index (χ4v) is 3.56. The molecule has 35 heavy (non-hydrogen) atoms. The number of aromatic nitrogens is 1. The third-order valence-electron chi connectivity index (χ3n) is 5.17. The molecule has 0 saturated carbocycles. The van der Waals surface area contributed by atoms with E-state index in [0.29, 0.717) is 22.3 Å². The molecule has 0 aliphatic carbocycles. The lowest BCUT2D eigenvalue weighted by molar-refractivity contribution is 0.0600. The molecule has 7 nitrogen and oxygen atoms in total. The molecule has 4 aromatic rings. The number of hydrazone groups is 1. The first-order valence-corrected chi connectivity index (χ1v) is 11.1. The van der Waals surface area contributed by atoms with Gasteiger partial charge >= 0.3 is 5.97 Å². The van der Waals surface area contributed by atoms with Crippen molar-refractivity contribution in [1.82, 2.24) is 10.4 Å². The second-order valence-electron chi connectivity index (χ2n) is 8.08. The summed E-state index contributed by atoms with van der Waals surface area (Å²) in [6.07, 6.45) is 1.56. The molecule has 1 heterocycles. The van der Waals surface area contributed by atoms with Gasteiger partial charge in [0.25, 0.3) is 5.91 Å². The van der Waals surface area contributed by atoms with Crippen molar-refractivity contribution < 1.29 is 19.1 Å². The van der Waals surface area contributed by atoms with Gasteiger partial charge in [0.15, 0.2) is 0 Å². The van der Waals surface area contributed by atoms with E-state index in [-0.39, 0.29) is 12.0 Å². The second kappa shape index (κ2) is 10.6. The van der Waals surface area contributed by atoms with Gasteiger partial charge in [-0.05, 0) is 55.8 Å². The number of carbonyl (C=O) groups is 2. The standard InChI is InChI=1S/C28H25N3O4/c1-18(2)35-22-8-6-7-21(15-22)26-16-24(23-9-4-5-10-25(23)30-26)27(32)31-29-17-19-11-13-20(14-12-19)28(33)34-3/h4-18H,1-3H3,(H,31,32)/b29-17+. The van der Waals surface area contributed by atoms with Crippen molar-refractivity contribution in [2.45, 2.75) is 20.0 Å². The highest BCUT2D eigenvalue weighted by Crippen LogP contribution is 2.27. The number of pyridine rings is 1. The highest BCUT2D eigenvalue weighted by Gasteiger charge is 2.14. The summed E-state index contributed by atoms with van der Waals surface area (Å²) in [5.41, 5.74) is 6.41. The maximum atomic E-state index is 13.1. The molecule has 1 N–H and O–H groups in total. The minimum Gasteiger partial charge on any atom is -0.491 e. The van der Waals surface area contributed by atoms with Gasteiger partial charge in [-0.2, -0.15) is 5.10 Å². The fourth-order valence-electron chi connectivity index (χ4n) is 3.56. The SMILES string of the molecule is COC(=O)c1ccc(/C=N/NC(=O)c2cc(-c3cccc(OC(C)C)c3)nc3ccccc23)cc1. The zero-order valence-electron chi connectivity index (χ0n) is 19.7. The Morgan fingerprint density at radius 3 is 2.49 bits per heavy atom. The maximum absolute atomic E-state index is 13.1.